The van der Waals surface area contributed by atoms with Gasteiger partial charge in [-0.05, 0) is 30.2 Å². The Bertz CT molecular complexity index is 2040. The molecule has 7 rings (SSSR count). The Hall–Kier alpha value is -4.25. The third kappa shape index (κ3) is 3.78. The van der Waals surface area contributed by atoms with Crippen LogP contribution in [0, 0.1) is 11.6 Å². The van der Waals surface area contributed by atoms with Crippen LogP contribution in [0.5, 0.6) is 0 Å². The molecular formula is C30H25F2N5O3S. The van der Waals surface area contributed by atoms with E-state index in [1.165, 1.54) is 40.4 Å². The van der Waals surface area contributed by atoms with Crippen molar-refractivity contribution in [2.45, 2.75) is 30.7 Å². The number of hydrogen-bond acceptors (Lipinski definition) is 7. The molecule has 0 N–H and O–H groups in total. The number of nitrogens with zero attached hydrogens (tertiary/aromatic N) is 5. The van der Waals surface area contributed by atoms with Crippen molar-refractivity contribution in [2.75, 3.05) is 30.3 Å². The van der Waals surface area contributed by atoms with Gasteiger partial charge < -0.3 is 14.2 Å². The van der Waals surface area contributed by atoms with E-state index in [9.17, 15) is 9.59 Å². The second-order valence-electron chi connectivity index (χ2n) is 10.6. The number of pyridine rings is 1. The lowest BCUT2D eigenvalue weighted by Crippen LogP contribution is -2.56. The molecule has 208 valence electrons. The molecule has 1 atom stereocenters. The summed E-state index contributed by atoms with van der Waals surface area (Å²) >= 11 is 1.28. The van der Waals surface area contributed by atoms with Crippen molar-refractivity contribution in [1.29, 1.82) is 0 Å². The van der Waals surface area contributed by atoms with Gasteiger partial charge in [-0.25, -0.2) is 13.6 Å². The molecule has 3 aromatic heterocycles. The quantitative estimate of drug-likeness (QED) is 0.261. The number of halogens is 2. The Morgan fingerprint density at radius 3 is 2.80 bits per heavy atom. The maximum Gasteiger partial charge on any atom is 0.354 e. The van der Waals surface area contributed by atoms with Crippen LogP contribution in [0.2, 0.25) is 0 Å². The highest BCUT2D eigenvalue weighted by Crippen LogP contribution is 2.44. The molecule has 5 heterocycles. The smallest absolute Gasteiger partial charge is 0.354 e. The first-order valence-corrected chi connectivity index (χ1v) is 14.3. The Labute approximate surface area is 236 Å². The van der Waals surface area contributed by atoms with Gasteiger partial charge in [-0.2, -0.15) is 4.98 Å². The number of carbonyl (C=O) groups is 1. The van der Waals surface area contributed by atoms with Crippen molar-refractivity contribution in [3.8, 4) is 0 Å². The maximum absolute atomic E-state index is 16.6. The van der Waals surface area contributed by atoms with Crippen molar-refractivity contribution in [3.63, 3.8) is 0 Å². The van der Waals surface area contributed by atoms with E-state index < -0.39 is 17.3 Å². The van der Waals surface area contributed by atoms with E-state index >= 15 is 8.78 Å². The number of rotatable bonds is 2. The van der Waals surface area contributed by atoms with Crippen LogP contribution in [0.15, 0.2) is 63.3 Å². The van der Waals surface area contributed by atoms with Crippen LogP contribution in [0.4, 0.5) is 14.6 Å². The van der Waals surface area contributed by atoms with Crippen LogP contribution in [-0.4, -0.2) is 56.6 Å². The van der Waals surface area contributed by atoms with Gasteiger partial charge in [0.1, 0.15) is 28.6 Å². The Morgan fingerprint density at radius 2 is 2.02 bits per heavy atom. The highest BCUT2D eigenvalue weighted by atomic mass is 32.2. The molecule has 0 radical (unpaired) electrons. The van der Waals surface area contributed by atoms with Gasteiger partial charge in [0.2, 0.25) is 5.91 Å². The van der Waals surface area contributed by atoms with Crippen LogP contribution in [0.1, 0.15) is 25.5 Å². The lowest BCUT2D eigenvalue weighted by molar-refractivity contribution is -0.126. The second kappa shape index (κ2) is 9.41. The summed E-state index contributed by atoms with van der Waals surface area (Å²) in [7, 11) is 0. The lowest BCUT2D eigenvalue weighted by Gasteiger charge is -2.41. The SMILES string of the molecule is C=CC(=O)N1CCN2c3nc(=O)n4c5cc(c(F)c(c35)SCC2C1)c1c(F)cccc1oc1ccnc(C(C)C)c14. The monoisotopic (exact) mass is 573 g/mol. The van der Waals surface area contributed by atoms with Gasteiger partial charge in [0, 0.05) is 43.0 Å². The number of piperazine rings is 1. The highest BCUT2D eigenvalue weighted by Gasteiger charge is 2.36. The van der Waals surface area contributed by atoms with Gasteiger partial charge in [-0.1, -0.05) is 26.5 Å². The fourth-order valence-electron chi connectivity index (χ4n) is 5.99. The van der Waals surface area contributed by atoms with Gasteiger partial charge in [0.25, 0.3) is 0 Å². The fraction of sp³-hybridized carbons (Fsp3) is 0.267. The third-order valence-electron chi connectivity index (χ3n) is 7.87. The van der Waals surface area contributed by atoms with Gasteiger partial charge in [-0.3, -0.25) is 14.2 Å². The van der Waals surface area contributed by atoms with Crippen molar-refractivity contribution < 1.29 is 18.0 Å². The number of carbonyl (C=O) groups excluding carboxylic acids is 1. The molecule has 1 fully saturated rings. The summed E-state index contributed by atoms with van der Waals surface area (Å²) in [4.78, 5) is 39.5. The number of hydrogen-bond donors (Lipinski definition) is 0. The van der Waals surface area contributed by atoms with Crippen LogP contribution in [0.25, 0.3) is 38.4 Å². The molecule has 41 heavy (non-hydrogen) atoms. The van der Waals surface area contributed by atoms with Crippen LogP contribution in [-0.2, 0) is 4.79 Å². The summed E-state index contributed by atoms with van der Waals surface area (Å²) in [5, 5.41) is 0.432. The molecule has 0 spiro atoms. The Morgan fingerprint density at radius 1 is 1.20 bits per heavy atom. The maximum atomic E-state index is 16.6. The Balaban J connectivity index is 1.70. The summed E-state index contributed by atoms with van der Waals surface area (Å²) in [5.74, 6) is -0.764. The largest absolute Gasteiger partial charge is 0.454 e. The molecule has 8 nitrogen and oxygen atoms in total. The van der Waals surface area contributed by atoms with Crippen molar-refractivity contribution in [3.05, 3.63) is 77.0 Å². The zero-order chi connectivity index (χ0) is 28.6. The number of benzene rings is 2. The minimum atomic E-state index is -0.646. The molecule has 1 amide bonds. The van der Waals surface area contributed by atoms with E-state index in [-0.39, 0.29) is 44.7 Å². The standard InChI is InChI=1S/C30H25F2N5O3S/c1-4-22(38)35-10-11-36-16(13-35)14-41-28-24-19-12-17(25(28)32)23-18(31)6-5-7-20(23)40-21-8-9-33-26(15(2)3)27(21)37(19)30(39)34-29(24)36/h4-9,12,15-16H,1,10-11,13-14H2,2-3H3. The van der Waals surface area contributed by atoms with E-state index in [1.54, 1.807) is 23.2 Å². The van der Waals surface area contributed by atoms with E-state index in [0.29, 0.717) is 53.3 Å². The normalized spacial score (nSPS) is 17.0. The average molecular weight is 574 g/mol. The van der Waals surface area contributed by atoms with Gasteiger partial charge in [0.15, 0.2) is 5.58 Å². The highest BCUT2D eigenvalue weighted by molar-refractivity contribution is 7.99. The molecule has 0 aliphatic carbocycles. The minimum Gasteiger partial charge on any atom is -0.454 e. The predicted molar refractivity (Wildman–Crippen MR) is 155 cm³/mol. The first-order chi connectivity index (χ1) is 19.8. The Kier molecular flexibility index (Phi) is 5.90. The number of anilines is 1. The fourth-order valence-corrected chi connectivity index (χ4v) is 7.21. The predicted octanol–water partition coefficient (Wildman–Crippen LogP) is 5.41. The summed E-state index contributed by atoms with van der Waals surface area (Å²) < 4.78 is 39.8. The molecule has 11 heteroatoms. The first kappa shape index (κ1) is 25.7. The lowest BCUT2D eigenvalue weighted by atomic mass is 10.1. The minimum absolute atomic E-state index is 0.00593. The van der Waals surface area contributed by atoms with Crippen molar-refractivity contribution in [2.24, 2.45) is 0 Å². The van der Waals surface area contributed by atoms with E-state index in [4.69, 9.17) is 4.42 Å². The van der Waals surface area contributed by atoms with E-state index in [2.05, 4.69) is 16.5 Å². The number of amides is 1. The molecule has 1 unspecified atom stereocenters. The molecule has 2 aliphatic heterocycles. The first-order valence-electron chi connectivity index (χ1n) is 13.3. The van der Waals surface area contributed by atoms with Crippen LogP contribution < -0.4 is 10.6 Å². The summed E-state index contributed by atoms with van der Waals surface area (Å²) in [5.41, 5.74) is 1.19. The number of fused-ring (bicyclic) bond motifs is 7. The molecule has 2 aromatic carbocycles. The average Bonchev–Trinajstić information content (AvgIpc) is 3.08. The summed E-state index contributed by atoms with van der Waals surface area (Å²) in [6.07, 6.45) is 2.86. The third-order valence-corrected chi connectivity index (χ3v) is 9.09. The van der Waals surface area contributed by atoms with Gasteiger partial charge in [0.05, 0.1) is 32.9 Å². The zero-order valence-corrected chi connectivity index (χ0v) is 23.2. The van der Waals surface area contributed by atoms with E-state index in [1.807, 2.05) is 18.7 Å². The molecule has 2 bridgehead atoms. The number of aromatic nitrogens is 3. The van der Waals surface area contributed by atoms with Gasteiger partial charge in [-0.15, -0.1) is 11.8 Å². The molecular weight excluding hydrogens is 548 g/mol. The molecule has 5 aromatic rings. The van der Waals surface area contributed by atoms with Crippen LogP contribution in [0.3, 0.4) is 0 Å². The molecule has 1 saturated heterocycles. The molecule has 2 aliphatic rings. The van der Waals surface area contributed by atoms with E-state index in [0.717, 1.165) is 0 Å². The van der Waals surface area contributed by atoms with Crippen LogP contribution >= 0.6 is 11.8 Å². The topological polar surface area (TPSA) is 84.0 Å². The van der Waals surface area contributed by atoms with Crippen molar-refractivity contribution in [1.82, 2.24) is 19.3 Å². The number of thioether (sulfide) groups is 1. The zero-order valence-electron chi connectivity index (χ0n) is 22.4. The summed E-state index contributed by atoms with van der Waals surface area (Å²) in [6, 6.07) is 7.27. The van der Waals surface area contributed by atoms with Gasteiger partial charge >= 0.3 is 5.69 Å². The van der Waals surface area contributed by atoms with Crippen molar-refractivity contribution >= 4 is 61.8 Å². The summed E-state index contributed by atoms with van der Waals surface area (Å²) in [6.45, 7) is 8.70. The second-order valence-corrected chi connectivity index (χ2v) is 11.6. The molecule has 0 saturated carbocycles.